The zero-order chi connectivity index (χ0) is 19.9. The van der Waals surface area contributed by atoms with Crippen molar-refractivity contribution in [1.82, 2.24) is 9.29 Å². The molecule has 1 atom stereocenters. The highest BCUT2D eigenvalue weighted by Crippen LogP contribution is 2.30. The van der Waals surface area contributed by atoms with E-state index in [2.05, 4.69) is 10.3 Å². The number of hydrogen-bond donors (Lipinski definition) is 1. The fourth-order valence-electron chi connectivity index (χ4n) is 3.31. The van der Waals surface area contributed by atoms with Gasteiger partial charge in [-0.15, -0.1) is 0 Å². The Kier molecular flexibility index (Phi) is 5.13. The van der Waals surface area contributed by atoms with Crippen molar-refractivity contribution in [2.45, 2.75) is 30.7 Å². The Labute approximate surface area is 172 Å². The van der Waals surface area contributed by atoms with E-state index < -0.39 is 16.1 Å². The van der Waals surface area contributed by atoms with Crippen molar-refractivity contribution in [3.63, 3.8) is 0 Å². The Bertz CT molecular complexity index is 1140. The number of nitrogens with zero attached hydrogens (tertiary/aromatic N) is 2. The zero-order valence-corrected chi connectivity index (χ0v) is 17.4. The maximum absolute atomic E-state index is 13.0. The summed E-state index contributed by atoms with van der Waals surface area (Å²) in [7, 11) is -3.78. The summed E-state index contributed by atoms with van der Waals surface area (Å²) >= 11 is 7.24. The molecule has 0 unspecified atom stereocenters. The quantitative estimate of drug-likeness (QED) is 0.670. The van der Waals surface area contributed by atoms with Crippen LogP contribution in [0.4, 0.5) is 5.13 Å². The lowest BCUT2D eigenvalue weighted by atomic mass is 10.2. The minimum Gasteiger partial charge on any atom is -0.301 e. The molecular formula is C19H18ClN3O3S2. The molecule has 146 valence electrons. The van der Waals surface area contributed by atoms with Gasteiger partial charge in [0.15, 0.2) is 5.13 Å². The fourth-order valence-corrected chi connectivity index (χ4v) is 6.06. The molecule has 1 fully saturated rings. The molecule has 0 radical (unpaired) electrons. The third-order valence-corrected chi connectivity index (χ3v) is 7.81. The van der Waals surface area contributed by atoms with Crippen LogP contribution in [0.15, 0.2) is 47.4 Å². The molecule has 1 saturated heterocycles. The van der Waals surface area contributed by atoms with Crippen molar-refractivity contribution in [2.24, 2.45) is 0 Å². The van der Waals surface area contributed by atoms with E-state index in [0.717, 1.165) is 15.8 Å². The van der Waals surface area contributed by atoms with Gasteiger partial charge < -0.3 is 5.32 Å². The van der Waals surface area contributed by atoms with E-state index in [0.29, 0.717) is 29.5 Å². The number of nitrogens with one attached hydrogen (secondary N) is 1. The van der Waals surface area contributed by atoms with Gasteiger partial charge in [-0.05, 0) is 61.7 Å². The first kappa shape index (κ1) is 19.3. The van der Waals surface area contributed by atoms with Crippen molar-refractivity contribution in [3.8, 4) is 0 Å². The number of aromatic nitrogens is 1. The van der Waals surface area contributed by atoms with Gasteiger partial charge in [-0.3, -0.25) is 4.79 Å². The molecule has 1 aromatic heterocycles. The topological polar surface area (TPSA) is 79.4 Å². The first-order valence-electron chi connectivity index (χ1n) is 8.80. The molecule has 0 spiro atoms. The monoisotopic (exact) mass is 435 g/mol. The molecule has 0 saturated carbocycles. The summed E-state index contributed by atoms with van der Waals surface area (Å²) in [5.74, 6) is -0.356. The summed E-state index contributed by atoms with van der Waals surface area (Å²) < 4.78 is 28.2. The summed E-state index contributed by atoms with van der Waals surface area (Å²) in [4.78, 5) is 17.4. The average Bonchev–Trinajstić information content (AvgIpc) is 3.28. The van der Waals surface area contributed by atoms with Gasteiger partial charge in [-0.1, -0.05) is 29.0 Å². The molecule has 0 bridgehead atoms. The minimum absolute atomic E-state index is 0.132. The molecule has 1 N–H and O–H groups in total. The van der Waals surface area contributed by atoms with E-state index in [1.165, 1.54) is 39.9 Å². The molecule has 4 rings (SSSR count). The smallest absolute Gasteiger partial charge is 0.244 e. The van der Waals surface area contributed by atoms with Crippen LogP contribution >= 0.6 is 22.9 Å². The van der Waals surface area contributed by atoms with Crippen molar-refractivity contribution in [1.29, 1.82) is 0 Å². The van der Waals surface area contributed by atoms with Crippen molar-refractivity contribution in [3.05, 3.63) is 53.1 Å². The number of sulfonamides is 1. The van der Waals surface area contributed by atoms with E-state index in [4.69, 9.17) is 11.6 Å². The zero-order valence-electron chi connectivity index (χ0n) is 15.1. The van der Waals surface area contributed by atoms with E-state index >= 15 is 0 Å². The Balaban J connectivity index is 1.56. The predicted molar refractivity (Wildman–Crippen MR) is 111 cm³/mol. The molecule has 0 aliphatic carbocycles. The number of anilines is 1. The fraction of sp³-hybridized carbons (Fsp3) is 0.263. The van der Waals surface area contributed by atoms with E-state index in [9.17, 15) is 13.2 Å². The van der Waals surface area contributed by atoms with Crippen LogP contribution in [0.1, 0.15) is 18.4 Å². The second kappa shape index (κ2) is 7.44. The van der Waals surface area contributed by atoms with Gasteiger partial charge >= 0.3 is 0 Å². The Morgan fingerprint density at radius 2 is 2.00 bits per heavy atom. The maximum atomic E-state index is 13.0. The van der Waals surface area contributed by atoms with Gasteiger partial charge in [0, 0.05) is 11.6 Å². The second-order valence-corrected chi connectivity index (χ2v) is 10.1. The van der Waals surface area contributed by atoms with Gasteiger partial charge in [0.05, 0.1) is 15.1 Å². The molecule has 2 heterocycles. The first-order valence-corrected chi connectivity index (χ1v) is 11.4. The molecule has 28 heavy (non-hydrogen) atoms. The molecule has 1 amide bonds. The van der Waals surface area contributed by atoms with Crippen LogP contribution in [0, 0.1) is 6.92 Å². The number of hydrogen-bond acceptors (Lipinski definition) is 5. The van der Waals surface area contributed by atoms with Gasteiger partial charge in [0.25, 0.3) is 0 Å². The highest BCUT2D eigenvalue weighted by atomic mass is 35.5. The number of benzene rings is 2. The minimum atomic E-state index is -3.78. The third-order valence-electron chi connectivity index (χ3n) is 4.70. The summed E-state index contributed by atoms with van der Waals surface area (Å²) in [5.41, 5.74) is 1.92. The molecule has 1 aliphatic rings. The summed E-state index contributed by atoms with van der Waals surface area (Å²) in [6.45, 7) is 2.30. The van der Waals surface area contributed by atoms with Gasteiger partial charge in [0.1, 0.15) is 6.04 Å². The Morgan fingerprint density at radius 3 is 2.75 bits per heavy atom. The summed E-state index contributed by atoms with van der Waals surface area (Å²) in [5, 5.41) is 3.73. The third kappa shape index (κ3) is 3.65. The standard InChI is InChI=1S/C19H18ClN3O3S2/c1-12-4-9-15-17(11-12)27-19(21-15)22-18(24)16-3-2-10-23(16)28(25,26)14-7-5-13(20)6-8-14/h4-9,11,16H,2-3,10H2,1H3,(H,21,22,24)/t16-/m0/s1. The molecule has 9 heteroatoms. The van der Waals surface area contributed by atoms with Crippen LogP contribution in [0.25, 0.3) is 10.2 Å². The average molecular weight is 436 g/mol. The molecular weight excluding hydrogens is 418 g/mol. The number of thiazole rings is 1. The highest BCUT2D eigenvalue weighted by Gasteiger charge is 2.39. The van der Waals surface area contributed by atoms with E-state index in [1.54, 1.807) is 0 Å². The first-order chi connectivity index (χ1) is 13.3. The molecule has 1 aliphatic heterocycles. The lowest BCUT2D eigenvalue weighted by molar-refractivity contribution is -0.119. The Morgan fingerprint density at radius 1 is 1.25 bits per heavy atom. The number of rotatable bonds is 4. The van der Waals surface area contributed by atoms with Crippen molar-refractivity contribution >= 4 is 54.2 Å². The van der Waals surface area contributed by atoms with Gasteiger partial charge in [0.2, 0.25) is 15.9 Å². The number of aryl methyl sites for hydroxylation is 1. The number of carbonyl (C=O) groups is 1. The number of amides is 1. The van der Waals surface area contributed by atoms with Crippen molar-refractivity contribution in [2.75, 3.05) is 11.9 Å². The number of fused-ring (bicyclic) bond motifs is 1. The normalized spacial score (nSPS) is 17.9. The van der Waals surface area contributed by atoms with E-state index in [1.807, 2.05) is 25.1 Å². The maximum Gasteiger partial charge on any atom is 0.244 e. The lowest BCUT2D eigenvalue weighted by Gasteiger charge is -2.23. The number of carbonyl (C=O) groups excluding carboxylic acids is 1. The highest BCUT2D eigenvalue weighted by molar-refractivity contribution is 7.89. The molecule has 6 nitrogen and oxygen atoms in total. The van der Waals surface area contributed by atoms with Crippen LogP contribution in [0.5, 0.6) is 0 Å². The van der Waals surface area contributed by atoms with Crippen LogP contribution in [0.3, 0.4) is 0 Å². The number of halogens is 1. The summed E-state index contributed by atoms with van der Waals surface area (Å²) in [6, 6.07) is 11.1. The van der Waals surface area contributed by atoms with Crippen LogP contribution in [-0.4, -0.2) is 36.2 Å². The lowest BCUT2D eigenvalue weighted by Crippen LogP contribution is -2.43. The van der Waals surface area contributed by atoms with Crippen LogP contribution in [-0.2, 0) is 14.8 Å². The summed E-state index contributed by atoms with van der Waals surface area (Å²) in [6.07, 6.45) is 1.10. The largest absolute Gasteiger partial charge is 0.301 e. The van der Waals surface area contributed by atoms with Crippen LogP contribution in [0.2, 0.25) is 5.02 Å². The van der Waals surface area contributed by atoms with Gasteiger partial charge in [-0.25, -0.2) is 13.4 Å². The van der Waals surface area contributed by atoms with Crippen LogP contribution < -0.4 is 5.32 Å². The van der Waals surface area contributed by atoms with Gasteiger partial charge in [-0.2, -0.15) is 4.31 Å². The second-order valence-electron chi connectivity index (χ2n) is 6.71. The molecule has 3 aromatic rings. The Hall–Kier alpha value is -2.00. The molecule has 2 aromatic carbocycles. The van der Waals surface area contributed by atoms with E-state index in [-0.39, 0.29) is 10.8 Å². The van der Waals surface area contributed by atoms with Crippen molar-refractivity contribution < 1.29 is 13.2 Å². The predicted octanol–water partition coefficient (Wildman–Crippen LogP) is 4.05. The SMILES string of the molecule is Cc1ccc2nc(NC(=O)[C@@H]3CCCN3S(=O)(=O)c3ccc(Cl)cc3)sc2c1.